The molecule has 0 fully saturated rings. The average molecular weight is 267 g/mol. The maximum atomic E-state index is 13.4. The standard InChI is InChI=1S/C13H12ClFN2O/c1-18-9-4-2-3-8(5-9)17-13-7-11(15)10(14)6-12(13)16/h2-7,17H,16H2,1H3. The second-order valence-electron chi connectivity index (χ2n) is 3.71. The van der Waals surface area contributed by atoms with Gasteiger partial charge in [0.25, 0.3) is 0 Å². The maximum absolute atomic E-state index is 13.4. The van der Waals surface area contributed by atoms with E-state index < -0.39 is 5.82 Å². The van der Waals surface area contributed by atoms with Crippen molar-refractivity contribution in [2.24, 2.45) is 0 Å². The average Bonchev–Trinajstić information content (AvgIpc) is 2.36. The monoisotopic (exact) mass is 266 g/mol. The summed E-state index contributed by atoms with van der Waals surface area (Å²) >= 11 is 5.63. The number of nitrogens with one attached hydrogen (secondary N) is 1. The largest absolute Gasteiger partial charge is 0.497 e. The molecule has 0 aromatic heterocycles. The van der Waals surface area contributed by atoms with Gasteiger partial charge in [0, 0.05) is 17.8 Å². The molecular formula is C13H12ClFN2O. The van der Waals surface area contributed by atoms with Gasteiger partial charge in [0.2, 0.25) is 0 Å². The van der Waals surface area contributed by atoms with Crippen LogP contribution in [0.15, 0.2) is 36.4 Å². The summed E-state index contributed by atoms with van der Waals surface area (Å²) in [6.07, 6.45) is 0. The number of hydrogen-bond acceptors (Lipinski definition) is 3. The molecule has 5 heteroatoms. The van der Waals surface area contributed by atoms with Crippen molar-refractivity contribution in [3.8, 4) is 5.75 Å². The van der Waals surface area contributed by atoms with Gasteiger partial charge in [-0.25, -0.2) is 4.39 Å². The minimum Gasteiger partial charge on any atom is -0.497 e. The molecule has 2 aromatic rings. The summed E-state index contributed by atoms with van der Waals surface area (Å²) in [4.78, 5) is 0. The fourth-order valence-corrected chi connectivity index (χ4v) is 1.70. The third kappa shape index (κ3) is 2.65. The van der Waals surface area contributed by atoms with Crippen LogP contribution in [-0.2, 0) is 0 Å². The Morgan fingerprint density at radius 2 is 2.06 bits per heavy atom. The van der Waals surface area contributed by atoms with Gasteiger partial charge in [0.1, 0.15) is 11.6 Å². The lowest BCUT2D eigenvalue weighted by Crippen LogP contribution is -1.98. The number of halogens is 2. The zero-order valence-electron chi connectivity index (χ0n) is 9.71. The molecule has 0 bridgehead atoms. The Hall–Kier alpha value is -1.94. The quantitative estimate of drug-likeness (QED) is 0.831. The Balaban J connectivity index is 2.30. The first kappa shape index (κ1) is 12.5. The van der Waals surface area contributed by atoms with Crippen LogP contribution < -0.4 is 15.8 Å². The lowest BCUT2D eigenvalue weighted by molar-refractivity contribution is 0.415. The van der Waals surface area contributed by atoms with Crippen molar-refractivity contribution in [1.82, 2.24) is 0 Å². The Labute approximate surface area is 109 Å². The smallest absolute Gasteiger partial charge is 0.144 e. The molecule has 3 nitrogen and oxygen atoms in total. The van der Waals surface area contributed by atoms with Crippen molar-refractivity contribution in [2.75, 3.05) is 18.2 Å². The molecule has 0 saturated heterocycles. The number of benzene rings is 2. The van der Waals surface area contributed by atoms with Gasteiger partial charge in [0.05, 0.1) is 23.5 Å². The van der Waals surface area contributed by atoms with E-state index in [0.717, 1.165) is 5.69 Å². The molecule has 2 aromatic carbocycles. The summed E-state index contributed by atoms with van der Waals surface area (Å²) in [7, 11) is 1.58. The highest BCUT2D eigenvalue weighted by Crippen LogP contribution is 2.29. The Kier molecular flexibility index (Phi) is 3.58. The van der Waals surface area contributed by atoms with Crippen molar-refractivity contribution in [2.45, 2.75) is 0 Å². The molecule has 0 aliphatic heterocycles. The van der Waals surface area contributed by atoms with Crippen molar-refractivity contribution in [3.05, 3.63) is 47.2 Å². The highest BCUT2D eigenvalue weighted by molar-refractivity contribution is 6.31. The molecule has 3 N–H and O–H groups in total. The first-order chi connectivity index (χ1) is 8.60. The van der Waals surface area contributed by atoms with Gasteiger partial charge in [-0.2, -0.15) is 0 Å². The van der Waals surface area contributed by atoms with Crippen molar-refractivity contribution in [3.63, 3.8) is 0 Å². The van der Waals surface area contributed by atoms with Crippen LogP contribution in [0.3, 0.4) is 0 Å². The van der Waals surface area contributed by atoms with Gasteiger partial charge < -0.3 is 15.8 Å². The third-order valence-electron chi connectivity index (χ3n) is 2.44. The van der Waals surface area contributed by atoms with Crippen LogP contribution in [0, 0.1) is 5.82 Å². The molecule has 0 aliphatic carbocycles. The van der Waals surface area contributed by atoms with Crippen LogP contribution in [0.2, 0.25) is 5.02 Å². The fraction of sp³-hybridized carbons (Fsp3) is 0.0769. The summed E-state index contributed by atoms with van der Waals surface area (Å²) in [5.74, 6) is 0.185. The lowest BCUT2D eigenvalue weighted by Gasteiger charge is -2.11. The molecule has 0 unspecified atom stereocenters. The van der Waals surface area contributed by atoms with Crippen molar-refractivity contribution in [1.29, 1.82) is 0 Å². The highest BCUT2D eigenvalue weighted by atomic mass is 35.5. The fourth-order valence-electron chi connectivity index (χ4n) is 1.53. The molecule has 94 valence electrons. The van der Waals surface area contributed by atoms with E-state index in [9.17, 15) is 4.39 Å². The number of ether oxygens (including phenoxy) is 1. The molecule has 2 rings (SSSR count). The number of nitrogen functional groups attached to an aromatic ring is 1. The zero-order chi connectivity index (χ0) is 13.1. The predicted octanol–water partition coefficient (Wildman–Crippen LogP) is 3.81. The normalized spacial score (nSPS) is 10.2. The SMILES string of the molecule is COc1cccc(Nc2cc(F)c(Cl)cc2N)c1. The van der Waals surface area contributed by atoms with Gasteiger partial charge >= 0.3 is 0 Å². The first-order valence-corrected chi connectivity index (χ1v) is 5.63. The second kappa shape index (κ2) is 5.14. The van der Waals surface area contributed by atoms with Gasteiger partial charge in [0.15, 0.2) is 0 Å². The molecular weight excluding hydrogens is 255 g/mol. The van der Waals surface area contributed by atoms with E-state index in [4.69, 9.17) is 22.1 Å². The predicted molar refractivity (Wildman–Crippen MR) is 72.1 cm³/mol. The van der Waals surface area contributed by atoms with E-state index in [1.165, 1.54) is 12.1 Å². The summed E-state index contributed by atoms with van der Waals surface area (Å²) in [5.41, 5.74) is 7.36. The minimum absolute atomic E-state index is 0.00342. The van der Waals surface area contributed by atoms with E-state index in [1.54, 1.807) is 13.2 Å². The van der Waals surface area contributed by atoms with Gasteiger partial charge in [-0.3, -0.25) is 0 Å². The van der Waals surface area contributed by atoms with Gasteiger partial charge in [-0.1, -0.05) is 17.7 Å². The molecule has 0 saturated carbocycles. The van der Waals surface area contributed by atoms with E-state index in [-0.39, 0.29) is 5.02 Å². The van der Waals surface area contributed by atoms with Gasteiger partial charge in [-0.15, -0.1) is 0 Å². The van der Waals surface area contributed by atoms with Crippen LogP contribution >= 0.6 is 11.6 Å². The lowest BCUT2D eigenvalue weighted by atomic mass is 10.2. The zero-order valence-corrected chi connectivity index (χ0v) is 10.5. The molecule has 0 heterocycles. The molecule has 0 atom stereocenters. The third-order valence-corrected chi connectivity index (χ3v) is 2.73. The Morgan fingerprint density at radius 1 is 1.28 bits per heavy atom. The summed E-state index contributed by atoms with van der Waals surface area (Å²) < 4.78 is 18.5. The van der Waals surface area contributed by atoms with Crippen LogP contribution in [0.1, 0.15) is 0 Å². The van der Waals surface area contributed by atoms with Crippen LogP contribution in [-0.4, -0.2) is 7.11 Å². The number of anilines is 3. The number of methoxy groups -OCH3 is 1. The van der Waals surface area contributed by atoms with Crippen molar-refractivity contribution < 1.29 is 9.13 Å². The summed E-state index contributed by atoms with van der Waals surface area (Å²) in [5, 5.41) is 3.01. The van der Waals surface area contributed by atoms with Crippen LogP contribution in [0.4, 0.5) is 21.5 Å². The number of nitrogens with two attached hydrogens (primary N) is 1. The molecule has 0 aliphatic rings. The summed E-state index contributed by atoms with van der Waals surface area (Å²) in [6.45, 7) is 0. The number of hydrogen-bond donors (Lipinski definition) is 2. The Morgan fingerprint density at radius 3 is 2.78 bits per heavy atom. The van der Waals surface area contributed by atoms with Gasteiger partial charge in [-0.05, 0) is 18.2 Å². The molecule has 0 spiro atoms. The Bertz CT molecular complexity index is 575. The van der Waals surface area contributed by atoms with Crippen LogP contribution in [0.25, 0.3) is 0 Å². The number of rotatable bonds is 3. The minimum atomic E-state index is -0.517. The van der Waals surface area contributed by atoms with E-state index in [0.29, 0.717) is 17.1 Å². The molecule has 0 amide bonds. The van der Waals surface area contributed by atoms with E-state index in [2.05, 4.69) is 5.32 Å². The van der Waals surface area contributed by atoms with Crippen molar-refractivity contribution >= 4 is 28.7 Å². The second-order valence-corrected chi connectivity index (χ2v) is 4.12. The van der Waals surface area contributed by atoms with E-state index >= 15 is 0 Å². The van der Waals surface area contributed by atoms with Crippen LogP contribution in [0.5, 0.6) is 5.75 Å². The first-order valence-electron chi connectivity index (χ1n) is 5.26. The highest BCUT2D eigenvalue weighted by Gasteiger charge is 2.06. The van der Waals surface area contributed by atoms with E-state index in [1.807, 2.05) is 18.2 Å². The molecule has 18 heavy (non-hydrogen) atoms. The summed E-state index contributed by atoms with van der Waals surface area (Å²) in [6, 6.07) is 9.89. The topological polar surface area (TPSA) is 47.3 Å². The maximum Gasteiger partial charge on any atom is 0.144 e. The molecule has 0 radical (unpaired) electrons.